The van der Waals surface area contributed by atoms with Gasteiger partial charge in [-0.1, -0.05) is 51.0 Å². The van der Waals surface area contributed by atoms with Crippen molar-refractivity contribution in [2.45, 2.75) is 64.9 Å². The molecule has 0 fully saturated rings. The standard InChI is InChI=1S/C14H26O/c1-3-5-7-8-9-10-11-13-14(15)12-6-4-2/h5,7-9,14-15H,3-4,6,10-13H2,1-2H3. The zero-order chi connectivity index (χ0) is 11.4. The van der Waals surface area contributed by atoms with Crippen LogP contribution >= 0.6 is 0 Å². The molecule has 1 nitrogen and oxygen atoms in total. The van der Waals surface area contributed by atoms with Crippen molar-refractivity contribution in [3.8, 4) is 0 Å². The van der Waals surface area contributed by atoms with Gasteiger partial charge in [0, 0.05) is 0 Å². The second-order valence-electron chi connectivity index (χ2n) is 3.99. The summed E-state index contributed by atoms with van der Waals surface area (Å²) in [7, 11) is 0. The number of aliphatic hydroxyl groups excluding tert-OH is 1. The highest BCUT2D eigenvalue weighted by Gasteiger charge is 2.01. The summed E-state index contributed by atoms with van der Waals surface area (Å²) in [6.07, 6.45) is 16.0. The maximum atomic E-state index is 9.58. The molecule has 0 aromatic rings. The normalized spacial score (nSPS) is 14.1. The Morgan fingerprint density at radius 1 is 1.00 bits per heavy atom. The molecule has 0 aliphatic carbocycles. The van der Waals surface area contributed by atoms with Crippen LogP contribution in [0.5, 0.6) is 0 Å². The van der Waals surface area contributed by atoms with Gasteiger partial charge < -0.3 is 5.11 Å². The van der Waals surface area contributed by atoms with Crippen LogP contribution in [0, 0.1) is 0 Å². The first-order valence-corrected chi connectivity index (χ1v) is 6.31. The van der Waals surface area contributed by atoms with Crippen LogP contribution in [0.4, 0.5) is 0 Å². The summed E-state index contributed by atoms with van der Waals surface area (Å²) in [4.78, 5) is 0. The topological polar surface area (TPSA) is 20.2 Å². The van der Waals surface area contributed by atoms with Gasteiger partial charge >= 0.3 is 0 Å². The lowest BCUT2D eigenvalue weighted by atomic mass is 10.1. The maximum Gasteiger partial charge on any atom is 0.0540 e. The Hall–Kier alpha value is -0.560. The smallest absolute Gasteiger partial charge is 0.0540 e. The molecule has 0 bridgehead atoms. The Morgan fingerprint density at radius 3 is 2.33 bits per heavy atom. The van der Waals surface area contributed by atoms with Crippen LogP contribution in [-0.4, -0.2) is 11.2 Å². The van der Waals surface area contributed by atoms with Gasteiger partial charge in [-0.25, -0.2) is 0 Å². The minimum absolute atomic E-state index is 0.0791. The summed E-state index contributed by atoms with van der Waals surface area (Å²) in [5.74, 6) is 0. The van der Waals surface area contributed by atoms with Crippen molar-refractivity contribution < 1.29 is 5.11 Å². The first kappa shape index (κ1) is 14.4. The van der Waals surface area contributed by atoms with Crippen LogP contribution in [0.3, 0.4) is 0 Å². The summed E-state index contributed by atoms with van der Waals surface area (Å²) in [6, 6.07) is 0. The molecule has 1 unspecified atom stereocenters. The SMILES string of the molecule is CCC=CC=CCCCC(O)CCCC. The van der Waals surface area contributed by atoms with E-state index in [1.54, 1.807) is 0 Å². The zero-order valence-corrected chi connectivity index (χ0v) is 10.3. The predicted octanol–water partition coefficient (Wildman–Crippen LogP) is 4.23. The quantitative estimate of drug-likeness (QED) is 0.446. The molecule has 0 saturated heterocycles. The third kappa shape index (κ3) is 11.4. The number of unbranched alkanes of at least 4 members (excludes halogenated alkanes) is 2. The molecule has 0 spiro atoms. The van der Waals surface area contributed by atoms with Crippen molar-refractivity contribution in [3.63, 3.8) is 0 Å². The summed E-state index contributed by atoms with van der Waals surface area (Å²) >= 11 is 0. The maximum absolute atomic E-state index is 9.58. The minimum Gasteiger partial charge on any atom is -0.393 e. The number of rotatable bonds is 9. The van der Waals surface area contributed by atoms with Gasteiger partial charge in [-0.2, -0.15) is 0 Å². The van der Waals surface area contributed by atoms with E-state index in [0.717, 1.165) is 38.5 Å². The highest BCUT2D eigenvalue weighted by Crippen LogP contribution is 2.08. The number of hydrogen-bond acceptors (Lipinski definition) is 1. The molecule has 0 aromatic heterocycles. The van der Waals surface area contributed by atoms with Crippen LogP contribution in [0.25, 0.3) is 0 Å². The average molecular weight is 210 g/mol. The monoisotopic (exact) mass is 210 g/mol. The highest BCUT2D eigenvalue weighted by atomic mass is 16.3. The third-order valence-electron chi connectivity index (χ3n) is 2.42. The lowest BCUT2D eigenvalue weighted by Gasteiger charge is -2.07. The van der Waals surface area contributed by atoms with Gasteiger partial charge in [0.05, 0.1) is 6.10 Å². The van der Waals surface area contributed by atoms with E-state index in [4.69, 9.17) is 0 Å². The average Bonchev–Trinajstić information content (AvgIpc) is 2.25. The summed E-state index contributed by atoms with van der Waals surface area (Å²) < 4.78 is 0. The van der Waals surface area contributed by atoms with Crippen molar-refractivity contribution in [1.82, 2.24) is 0 Å². The van der Waals surface area contributed by atoms with Gasteiger partial charge in [-0.3, -0.25) is 0 Å². The van der Waals surface area contributed by atoms with Crippen LogP contribution < -0.4 is 0 Å². The first-order chi connectivity index (χ1) is 7.31. The summed E-state index contributed by atoms with van der Waals surface area (Å²) in [6.45, 7) is 4.30. The van der Waals surface area contributed by atoms with E-state index < -0.39 is 0 Å². The molecule has 0 amide bonds. The minimum atomic E-state index is -0.0791. The molecule has 0 heterocycles. The lowest BCUT2D eigenvalue weighted by molar-refractivity contribution is 0.149. The number of aliphatic hydroxyl groups is 1. The van der Waals surface area contributed by atoms with E-state index in [9.17, 15) is 5.11 Å². The van der Waals surface area contributed by atoms with Gasteiger partial charge in [0.2, 0.25) is 0 Å². The molecule has 88 valence electrons. The number of hydrogen-bond donors (Lipinski definition) is 1. The predicted molar refractivity (Wildman–Crippen MR) is 68.0 cm³/mol. The van der Waals surface area contributed by atoms with Crippen LogP contribution in [0.15, 0.2) is 24.3 Å². The molecular formula is C14H26O. The molecule has 0 aliphatic heterocycles. The van der Waals surface area contributed by atoms with Crippen molar-refractivity contribution in [2.75, 3.05) is 0 Å². The van der Waals surface area contributed by atoms with Crippen molar-refractivity contribution in [2.24, 2.45) is 0 Å². The van der Waals surface area contributed by atoms with Crippen molar-refractivity contribution in [1.29, 1.82) is 0 Å². The Kier molecular flexibility index (Phi) is 11.1. The molecule has 0 aliphatic rings. The number of allylic oxidation sites excluding steroid dienone is 4. The van der Waals surface area contributed by atoms with Gasteiger partial charge in [0.15, 0.2) is 0 Å². The molecule has 0 aromatic carbocycles. The van der Waals surface area contributed by atoms with E-state index in [1.807, 2.05) is 0 Å². The molecule has 15 heavy (non-hydrogen) atoms. The van der Waals surface area contributed by atoms with E-state index in [0.29, 0.717) is 0 Å². The van der Waals surface area contributed by atoms with E-state index >= 15 is 0 Å². The fourth-order valence-electron chi connectivity index (χ4n) is 1.44. The largest absolute Gasteiger partial charge is 0.393 e. The van der Waals surface area contributed by atoms with E-state index in [2.05, 4.69) is 38.2 Å². The molecule has 0 saturated carbocycles. The molecule has 1 heteroatoms. The van der Waals surface area contributed by atoms with Crippen molar-refractivity contribution >= 4 is 0 Å². The lowest BCUT2D eigenvalue weighted by Crippen LogP contribution is -2.05. The molecular weight excluding hydrogens is 184 g/mol. The Labute approximate surface area is 94.9 Å². The molecule has 1 N–H and O–H groups in total. The van der Waals surface area contributed by atoms with E-state index in [-0.39, 0.29) is 6.10 Å². The fourth-order valence-corrected chi connectivity index (χ4v) is 1.44. The van der Waals surface area contributed by atoms with Gasteiger partial charge in [0.25, 0.3) is 0 Å². The Balaban J connectivity index is 3.29. The van der Waals surface area contributed by atoms with Crippen molar-refractivity contribution in [3.05, 3.63) is 24.3 Å². The van der Waals surface area contributed by atoms with Gasteiger partial charge in [-0.15, -0.1) is 0 Å². The van der Waals surface area contributed by atoms with Gasteiger partial charge in [0.1, 0.15) is 0 Å². The van der Waals surface area contributed by atoms with Crippen LogP contribution in [-0.2, 0) is 0 Å². The van der Waals surface area contributed by atoms with Crippen LogP contribution in [0.2, 0.25) is 0 Å². The molecule has 0 radical (unpaired) electrons. The zero-order valence-electron chi connectivity index (χ0n) is 10.3. The first-order valence-electron chi connectivity index (χ1n) is 6.31. The third-order valence-corrected chi connectivity index (χ3v) is 2.42. The fraction of sp³-hybridized carbons (Fsp3) is 0.714. The highest BCUT2D eigenvalue weighted by molar-refractivity contribution is 5.01. The van der Waals surface area contributed by atoms with Crippen LogP contribution in [0.1, 0.15) is 58.8 Å². The summed E-state index contributed by atoms with van der Waals surface area (Å²) in [5.41, 5.74) is 0. The summed E-state index contributed by atoms with van der Waals surface area (Å²) in [5, 5.41) is 9.58. The van der Waals surface area contributed by atoms with E-state index in [1.165, 1.54) is 6.42 Å². The second kappa shape index (κ2) is 11.5. The van der Waals surface area contributed by atoms with Gasteiger partial charge in [-0.05, 0) is 32.1 Å². The molecule has 1 atom stereocenters. The molecule has 0 rings (SSSR count). The second-order valence-corrected chi connectivity index (χ2v) is 3.99. The Bertz CT molecular complexity index is 170. The Morgan fingerprint density at radius 2 is 1.67 bits per heavy atom.